The van der Waals surface area contributed by atoms with Crippen LogP contribution in [0, 0.1) is 11.8 Å². The van der Waals surface area contributed by atoms with E-state index >= 15 is 0 Å². The Labute approximate surface area is 161 Å². The van der Waals surface area contributed by atoms with Crippen LogP contribution >= 0.6 is 0 Å². The van der Waals surface area contributed by atoms with Gasteiger partial charge in [0, 0.05) is 5.92 Å². The van der Waals surface area contributed by atoms with Crippen molar-refractivity contribution in [3.8, 4) is 5.75 Å². The Hall–Kier alpha value is -1.88. The topological polar surface area (TPSA) is 67.9 Å². The average Bonchev–Trinajstić information content (AvgIpc) is 3.21. The Kier molecular flexibility index (Phi) is 6.20. The molecule has 148 valence electrons. The average molecular weight is 373 g/mol. The third-order valence-corrected chi connectivity index (χ3v) is 5.92. The molecule has 1 aromatic carbocycles. The number of amides is 1. The van der Waals surface area contributed by atoms with Crippen LogP contribution in [0.2, 0.25) is 0 Å². The predicted molar refractivity (Wildman–Crippen MR) is 104 cm³/mol. The molecule has 1 amide bonds. The van der Waals surface area contributed by atoms with Crippen molar-refractivity contribution in [1.82, 2.24) is 5.32 Å². The number of hydrogen-bond acceptors (Lipinski definition) is 4. The van der Waals surface area contributed by atoms with Crippen LogP contribution in [0.15, 0.2) is 24.3 Å². The number of benzene rings is 1. The van der Waals surface area contributed by atoms with Crippen molar-refractivity contribution in [3.05, 3.63) is 29.8 Å². The largest absolute Gasteiger partial charge is 0.497 e. The van der Waals surface area contributed by atoms with Gasteiger partial charge in [0.25, 0.3) is 0 Å². The van der Waals surface area contributed by atoms with Crippen LogP contribution in [-0.2, 0) is 20.7 Å². The maximum Gasteiger partial charge on any atom is 0.223 e. The molecule has 1 saturated carbocycles. The second-order valence-electron chi connectivity index (χ2n) is 8.28. The molecule has 2 fully saturated rings. The lowest BCUT2D eigenvalue weighted by Gasteiger charge is -2.24. The quantitative estimate of drug-likeness (QED) is 0.675. The molecule has 0 bridgehead atoms. The normalized spacial score (nSPS) is 24.3. The monoisotopic (exact) mass is 373 g/mol. The Balaban J connectivity index is 1.60. The van der Waals surface area contributed by atoms with Gasteiger partial charge < -0.3 is 14.8 Å². The fourth-order valence-corrected chi connectivity index (χ4v) is 3.95. The van der Waals surface area contributed by atoms with Crippen molar-refractivity contribution in [2.24, 2.45) is 11.8 Å². The summed E-state index contributed by atoms with van der Waals surface area (Å²) in [4.78, 5) is 25.6. The Bertz CT molecular complexity index is 659. The van der Waals surface area contributed by atoms with Gasteiger partial charge in [0.1, 0.15) is 11.4 Å². The van der Waals surface area contributed by atoms with Crippen LogP contribution in [0.1, 0.15) is 51.5 Å². The van der Waals surface area contributed by atoms with Crippen LogP contribution < -0.4 is 10.1 Å². The first-order valence-corrected chi connectivity index (χ1v) is 10.0. The molecule has 0 spiro atoms. The van der Waals surface area contributed by atoms with Crippen LogP contribution in [0.25, 0.3) is 0 Å². The number of hydrogen-bond donors (Lipinski definition) is 1. The standard InChI is InChI=1S/C22H31NO4/c1-15(12-17-8-10-18(26-3)11-9-17)21(25)23-19(13-16-6-4-5-7-16)20(24)22(2)14-27-22/h8-11,15-16,19H,4-7,12-14H2,1-3H3,(H,23,25). The number of epoxide rings is 1. The van der Waals surface area contributed by atoms with E-state index in [0.717, 1.165) is 30.6 Å². The summed E-state index contributed by atoms with van der Waals surface area (Å²) in [6.07, 6.45) is 6.12. The van der Waals surface area contributed by atoms with Gasteiger partial charge >= 0.3 is 0 Å². The van der Waals surface area contributed by atoms with E-state index in [1.807, 2.05) is 38.1 Å². The van der Waals surface area contributed by atoms with E-state index in [-0.39, 0.29) is 17.6 Å². The first-order valence-electron chi connectivity index (χ1n) is 10.0. The Morgan fingerprint density at radius 2 is 1.89 bits per heavy atom. The van der Waals surface area contributed by atoms with Gasteiger partial charge in [0.05, 0.1) is 19.8 Å². The summed E-state index contributed by atoms with van der Waals surface area (Å²) >= 11 is 0. The molecule has 5 heteroatoms. The second kappa shape index (κ2) is 8.42. The number of rotatable bonds is 9. The summed E-state index contributed by atoms with van der Waals surface area (Å²) in [6.45, 7) is 4.19. The van der Waals surface area contributed by atoms with Gasteiger partial charge in [-0.2, -0.15) is 0 Å². The minimum absolute atomic E-state index is 0.0272. The first kappa shape index (κ1) is 19.9. The molecule has 1 aliphatic heterocycles. The minimum Gasteiger partial charge on any atom is -0.497 e. The summed E-state index contributed by atoms with van der Waals surface area (Å²) in [5.41, 5.74) is 0.380. The molecule has 1 aliphatic carbocycles. The lowest BCUT2D eigenvalue weighted by Crippen LogP contribution is -2.48. The highest BCUT2D eigenvalue weighted by Crippen LogP contribution is 2.33. The second-order valence-corrected chi connectivity index (χ2v) is 8.28. The molecule has 1 N–H and O–H groups in total. The van der Waals surface area contributed by atoms with E-state index in [1.165, 1.54) is 12.8 Å². The van der Waals surface area contributed by atoms with Crippen LogP contribution in [0.3, 0.4) is 0 Å². The zero-order chi connectivity index (χ0) is 19.4. The SMILES string of the molecule is COc1ccc(CC(C)C(=O)NC(CC2CCCC2)C(=O)C2(C)CO2)cc1. The number of ketones is 1. The molecular weight excluding hydrogens is 342 g/mol. The van der Waals surface area contributed by atoms with E-state index < -0.39 is 11.6 Å². The van der Waals surface area contributed by atoms with Gasteiger partial charge in [0.15, 0.2) is 5.78 Å². The van der Waals surface area contributed by atoms with Gasteiger partial charge in [-0.05, 0) is 43.4 Å². The number of Topliss-reactive ketones (excluding diaryl/α,β-unsaturated/α-hetero) is 1. The molecule has 3 atom stereocenters. The molecule has 1 saturated heterocycles. The molecule has 3 rings (SSSR count). The number of nitrogens with one attached hydrogen (secondary N) is 1. The fraction of sp³-hybridized carbons (Fsp3) is 0.636. The van der Waals surface area contributed by atoms with Crippen molar-refractivity contribution in [2.75, 3.05) is 13.7 Å². The van der Waals surface area contributed by atoms with E-state index in [4.69, 9.17) is 9.47 Å². The smallest absolute Gasteiger partial charge is 0.223 e. The highest BCUT2D eigenvalue weighted by molar-refractivity contribution is 5.96. The van der Waals surface area contributed by atoms with Crippen molar-refractivity contribution < 1.29 is 19.1 Å². The molecule has 27 heavy (non-hydrogen) atoms. The highest BCUT2D eigenvalue weighted by Gasteiger charge is 2.50. The molecule has 0 aromatic heterocycles. The summed E-state index contributed by atoms with van der Waals surface area (Å²) in [6, 6.07) is 7.31. The predicted octanol–water partition coefficient (Wildman–Crippen LogP) is 3.30. The third kappa shape index (κ3) is 5.10. The van der Waals surface area contributed by atoms with Gasteiger partial charge in [0.2, 0.25) is 5.91 Å². The highest BCUT2D eigenvalue weighted by atomic mass is 16.6. The van der Waals surface area contributed by atoms with Crippen LogP contribution in [0.5, 0.6) is 5.75 Å². The van der Waals surface area contributed by atoms with E-state index in [0.29, 0.717) is 18.9 Å². The lowest BCUT2D eigenvalue weighted by molar-refractivity contribution is -0.132. The number of carbonyl (C=O) groups is 2. The van der Waals surface area contributed by atoms with E-state index in [1.54, 1.807) is 7.11 Å². The first-order chi connectivity index (χ1) is 12.9. The Morgan fingerprint density at radius 1 is 1.26 bits per heavy atom. The van der Waals surface area contributed by atoms with Gasteiger partial charge in [-0.3, -0.25) is 9.59 Å². The maximum atomic E-state index is 12.8. The van der Waals surface area contributed by atoms with Crippen molar-refractivity contribution >= 4 is 11.7 Å². The maximum absolute atomic E-state index is 12.8. The van der Waals surface area contributed by atoms with Crippen molar-refractivity contribution in [2.45, 2.75) is 64.0 Å². The minimum atomic E-state index is -0.699. The lowest BCUT2D eigenvalue weighted by atomic mass is 9.90. The zero-order valence-electron chi connectivity index (χ0n) is 16.6. The Morgan fingerprint density at radius 3 is 2.44 bits per heavy atom. The molecule has 3 unspecified atom stereocenters. The van der Waals surface area contributed by atoms with Gasteiger partial charge in [-0.1, -0.05) is 44.7 Å². The molecule has 1 aromatic rings. The fourth-order valence-electron chi connectivity index (χ4n) is 3.95. The van der Waals surface area contributed by atoms with Crippen LogP contribution in [0.4, 0.5) is 0 Å². The van der Waals surface area contributed by atoms with E-state index in [9.17, 15) is 9.59 Å². The zero-order valence-corrected chi connectivity index (χ0v) is 16.6. The molecule has 2 aliphatic rings. The number of ether oxygens (including phenoxy) is 2. The number of carbonyl (C=O) groups excluding carboxylic acids is 2. The summed E-state index contributed by atoms with van der Waals surface area (Å²) in [5, 5.41) is 3.04. The van der Waals surface area contributed by atoms with Crippen molar-refractivity contribution in [1.29, 1.82) is 0 Å². The number of methoxy groups -OCH3 is 1. The summed E-state index contributed by atoms with van der Waals surface area (Å²) in [7, 11) is 1.64. The van der Waals surface area contributed by atoms with Crippen molar-refractivity contribution in [3.63, 3.8) is 0 Å². The summed E-state index contributed by atoms with van der Waals surface area (Å²) < 4.78 is 10.5. The molecule has 5 nitrogen and oxygen atoms in total. The molecule has 1 heterocycles. The van der Waals surface area contributed by atoms with E-state index in [2.05, 4.69) is 5.32 Å². The van der Waals surface area contributed by atoms with Crippen LogP contribution in [-0.4, -0.2) is 37.0 Å². The third-order valence-electron chi connectivity index (χ3n) is 5.92. The summed E-state index contributed by atoms with van der Waals surface area (Å²) in [5.74, 6) is 1.09. The molecular formula is C22H31NO4. The van der Waals surface area contributed by atoms with Gasteiger partial charge in [-0.25, -0.2) is 0 Å². The van der Waals surface area contributed by atoms with Gasteiger partial charge in [-0.15, -0.1) is 0 Å². The molecule has 0 radical (unpaired) electrons.